The van der Waals surface area contributed by atoms with Gasteiger partial charge >= 0.3 is 5.97 Å². The minimum Gasteiger partial charge on any atom is -0.459 e. The van der Waals surface area contributed by atoms with Crippen molar-refractivity contribution in [1.29, 1.82) is 10.5 Å². The molecule has 0 radical (unpaired) electrons. The molecule has 2 N–H and O–H groups in total. The molecular formula is C19H23N5O2. The molecule has 1 fully saturated rings. The molecule has 0 unspecified atom stereocenters. The smallest absolute Gasteiger partial charge is 0.338 e. The fourth-order valence-electron chi connectivity index (χ4n) is 3.41. The monoisotopic (exact) mass is 353 g/mol. The number of esters is 1. The van der Waals surface area contributed by atoms with E-state index in [4.69, 9.17) is 15.3 Å². The summed E-state index contributed by atoms with van der Waals surface area (Å²) in [5.41, 5.74) is 3.13. The molecule has 2 rings (SSSR count). The van der Waals surface area contributed by atoms with Crippen molar-refractivity contribution >= 4 is 17.4 Å². The molecule has 1 saturated heterocycles. The van der Waals surface area contributed by atoms with Crippen molar-refractivity contribution in [3.05, 3.63) is 29.8 Å². The first-order chi connectivity index (χ1) is 12.1. The van der Waals surface area contributed by atoms with Gasteiger partial charge in [0.2, 0.25) is 5.71 Å². The molecule has 1 heterocycles. The largest absolute Gasteiger partial charge is 0.459 e. The first-order valence-corrected chi connectivity index (χ1v) is 8.38. The molecule has 7 nitrogen and oxygen atoms in total. The van der Waals surface area contributed by atoms with Gasteiger partial charge in [0.05, 0.1) is 11.3 Å². The van der Waals surface area contributed by atoms with Crippen LogP contribution < -0.4 is 10.7 Å². The first kappa shape index (κ1) is 19.4. The van der Waals surface area contributed by atoms with Crippen LogP contribution in [0.3, 0.4) is 0 Å². The van der Waals surface area contributed by atoms with E-state index in [-0.39, 0.29) is 28.9 Å². The lowest BCUT2D eigenvalue weighted by Gasteiger charge is -2.45. The summed E-state index contributed by atoms with van der Waals surface area (Å²) in [5, 5.41) is 24.5. The number of hydrogen-bond donors (Lipinski definition) is 2. The standard InChI is InChI=1S/C19H23N5O2/c1-18(2)9-16(10-19(3,4)24-18)26-17(25)13-5-7-14(8-6-13)22-23-15(11-20)12-21/h5-8,16,22,24H,9-10H2,1-4H3. The molecule has 1 aliphatic rings. The van der Waals surface area contributed by atoms with E-state index in [0.29, 0.717) is 11.3 Å². The quantitative estimate of drug-likeness (QED) is 0.489. The van der Waals surface area contributed by atoms with Crippen molar-refractivity contribution in [1.82, 2.24) is 5.32 Å². The maximum Gasteiger partial charge on any atom is 0.338 e. The van der Waals surface area contributed by atoms with Crippen LogP contribution in [0.2, 0.25) is 0 Å². The summed E-state index contributed by atoms with van der Waals surface area (Å²) in [6.45, 7) is 8.41. The lowest BCUT2D eigenvalue weighted by molar-refractivity contribution is -0.00637. The second-order valence-corrected chi connectivity index (χ2v) is 7.70. The lowest BCUT2D eigenvalue weighted by Crippen LogP contribution is -2.59. The Morgan fingerprint density at radius 2 is 1.69 bits per heavy atom. The van der Waals surface area contributed by atoms with Crippen LogP contribution in [0.15, 0.2) is 29.4 Å². The van der Waals surface area contributed by atoms with E-state index >= 15 is 0 Å². The summed E-state index contributed by atoms with van der Waals surface area (Å²) in [6, 6.07) is 9.84. The molecule has 0 spiro atoms. The maximum atomic E-state index is 12.4. The number of anilines is 1. The van der Waals surface area contributed by atoms with Crippen LogP contribution in [-0.4, -0.2) is 28.9 Å². The third-order valence-electron chi connectivity index (χ3n) is 4.06. The predicted octanol–water partition coefficient (Wildman–Crippen LogP) is 2.97. The van der Waals surface area contributed by atoms with Crippen molar-refractivity contribution in [2.45, 2.75) is 57.7 Å². The predicted molar refractivity (Wildman–Crippen MR) is 98.5 cm³/mol. The minimum atomic E-state index is -0.367. The number of nitriles is 2. The van der Waals surface area contributed by atoms with Gasteiger partial charge in [-0.05, 0) is 52.0 Å². The van der Waals surface area contributed by atoms with Gasteiger partial charge in [0, 0.05) is 23.9 Å². The van der Waals surface area contributed by atoms with Crippen molar-refractivity contribution < 1.29 is 9.53 Å². The highest BCUT2D eigenvalue weighted by Crippen LogP contribution is 2.30. The van der Waals surface area contributed by atoms with E-state index in [1.54, 1.807) is 36.4 Å². The third-order valence-corrected chi connectivity index (χ3v) is 4.06. The zero-order chi connectivity index (χ0) is 19.4. The number of rotatable bonds is 4. The van der Waals surface area contributed by atoms with Crippen LogP contribution in [0, 0.1) is 22.7 Å². The molecule has 0 aromatic heterocycles. The van der Waals surface area contributed by atoms with Gasteiger partial charge in [-0.15, -0.1) is 0 Å². The fourth-order valence-corrected chi connectivity index (χ4v) is 3.41. The Morgan fingerprint density at radius 1 is 1.15 bits per heavy atom. The average Bonchev–Trinajstić information content (AvgIpc) is 2.53. The van der Waals surface area contributed by atoms with Gasteiger partial charge in [0.15, 0.2) is 0 Å². The van der Waals surface area contributed by atoms with Crippen molar-refractivity contribution in [2.24, 2.45) is 5.10 Å². The number of benzene rings is 1. The van der Waals surface area contributed by atoms with Crippen LogP contribution in [0.25, 0.3) is 0 Å². The van der Waals surface area contributed by atoms with Gasteiger partial charge in [-0.2, -0.15) is 15.6 Å². The number of nitrogens with one attached hydrogen (secondary N) is 2. The molecule has 0 bridgehead atoms. The topological polar surface area (TPSA) is 110 Å². The van der Waals surface area contributed by atoms with E-state index in [0.717, 1.165) is 12.8 Å². The van der Waals surface area contributed by atoms with Crippen LogP contribution >= 0.6 is 0 Å². The van der Waals surface area contributed by atoms with Crippen molar-refractivity contribution in [3.63, 3.8) is 0 Å². The van der Waals surface area contributed by atoms with Gasteiger partial charge in [-0.25, -0.2) is 4.79 Å². The molecule has 1 aromatic rings. The number of ether oxygens (including phenoxy) is 1. The minimum absolute atomic E-state index is 0.0995. The molecule has 0 aliphatic carbocycles. The molecule has 7 heteroatoms. The third kappa shape index (κ3) is 5.30. The van der Waals surface area contributed by atoms with Crippen LogP contribution in [0.4, 0.5) is 5.69 Å². The van der Waals surface area contributed by atoms with Gasteiger partial charge in [-0.1, -0.05) is 0 Å². The second kappa shape index (κ2) is 7.55. The van der Waals surface area contributed by atoms with Gasteiger partial charge in [-0.3, -0.25) is 5.43 Å². The summed E-state index contributed by atoms with van der Waals surface area (Å²) in [7, 11) is 0. The molecule has 1 aromatic carbocycles. The highest BCUT2D eigenvalue weighted by molar-refractivity contribution is 6.10. The van der Waals surface area contributed by atoms with Gasteiger partial charge in [0.25, 0.3) is 0 Å². The van der Waals surface area contributed by atoms with Crippen molar-refractivity contribution in [2.75, 3.05) is 5.43 Å². The highest BCUT2D eigenvalue weighted by atomic mass is 16.5. The van der Waals surface area contributed by atoms with E-state index in [1.807, 2.05) is 0 Å². The normalized spacial score (nSPS) is 18.1. The number of piperidine rings is 1. The molecule has 26 heavy (non-hydrogen) atoms. The summed E-state index contributed by atoms with van der Waals surface area (Å²) < 4.78 is 5.71. The Hall–Kier alpha value is -2.90. The Kier molecular flexibility index (Phi) is 5.64. The lowest BCUT2D eigenvalue weighted by atomic mass is 9.81. The summed E-state index contributed by atoms with van der Waals surface area (Å²) in [4.78, 5) is 12.4. The Morgan fingerprint density at radius 3 is 2.19 bits per heavy atom. The molecule has 0 saturated carbocycles. The molecule has 0 amide bonds. The molecule has 136 valence electrons. The molecule has 1 aliphatic heterocycles. The van der Waals surface area contributed by atoms with Crippen molar-refractivity contribution in [3.8, 4) is 12.1 Å². The second-order valence-electron chi connectivity index (χ2n) is 7.70. The van der Waals surface area contributed by atoms with Crippen LogP contribution in [0.1, 0.15) is 50.9 Å². The Labute approximate surface area is 153 Å². The van der Waals surface area contributed by atoms with E-state index in [2.05, 4.69) is 43.5 Å². The molecule has 0 atom stereocenters. The first-order valence-electron chi connectivity index (χ1n) is 8.38. The van der Waals surface area contributed by atoms with E-state index < -0.39 is 0 Å². The average molecular weight is 353 g/mol. The maximum absolute atomic E-state index is 12.4. The number of carbonyl (C=O) groups is 1. The summed E-state index contributed by atoms with van der Waals surface area (Å²) in [6.07, 6.45) is 1.36. The summed E-state index contributed by atoms with van der Waals surface area (Å²) in [5.74, 6) is -0.367. The van der Waals surface area contributed by atoms with Gasteiger partial charge < -0.3 is 10.1 Å². The fraction of sp³-hybridized carbons (Fsp3) is 0.474. The van der Waals surface area contributed by atoms with Gasteiger partial charge in [0.1, 0.15) is 18.2 Å². The SMILES string of the molecule is CC1(C)CC(OC(=O)c2ccc(NN=C(C#N)C#N)cc2)CC(C)(C)N1. The zero-order valence-corrected chi connectivity index (χ0v) is 15.5. The molecular weight excluding hydrogens is 330 g/mol. The summed E-state index contributed by atoms with van der Waals surface area (Å²) >= 11 is 0. The van der Waals surface area contributed by atoms with Crippen LogP contribution in [-0.2, 0) is 4.74 Å². The Bertz CT molecular complexity index is 750. The number of hydrazone groups is 1. The zero-order valence-electron chi connectivity index (χ0n) is 15.5. The van der Waals surface area contributed by atoms with E-state index in [9.17, 15) is 4.79 Å². The van der Waals surface area contributed by atoms with E-state index in [1.165, 1.54) is 0 Å². The number of hydrogen-bond acceptors (Lipinski definition) is 7. The Balaban J connectivity index is 2.01. The highest BCUT2D eigenvalue weighted by Gasteiger charge is 2.39. The number of carbonyl (C=O) groups excluding carboxylic acids is 1. The van der Waals surface area contributed by atoms with Crippen LogP contribution in [0.5, 0.6) is 0 Å². The number of nitrogens with zero attached hydrogens (tertiary/aromatic N) is 3.